The number of nitriles is 1. The Balaban J connectivity index is 2.86. The van der Waals surface area contributed by atoms with Crippen LogP contribution in [0.1, 0.15) is 16.7 Å². The van der Waals surface area contributed by atoms with Crippen molar-refractivity contribution in [1.29, 1.82) is 5.26 Å². The van der Waals surface area contributed by atoms with Crippen molar-refractivity contribution in [1.82, 2.24) is 0 Å². The van der Waals surface area contributed by atoms with E-state index in [1.54, 1.807) is 11.3 Å². The van der Waals surface area contributed by atoms with Crippen LogP contribution in [0.15, 0.2) is 17.5 Å². The van der Waals surface area contributed by atoms with E-state index in [1.807, 2.05) is 24.4 Å². The molecule has 2 nitrogen and oxygen atoms in total. The molecule has 0 spiro atoms. The molecule has 0 aliphatic carbocycles. The van der Waals surface area contributed by atoms with E-state index in [4.69, 9.17) is 10.4 Å². The molecule has 2 rings (SSSR count). The number of aliphatic hydroxyl groups excluding tert-OH is 1. The molecule has 1 aromatic carbocycles. The highest BCUT2D eigenvalue weighted by molar-refractivity contribution is 7.17. The van der Waals surface area contributed by atoms with Crippen molar-refractivity contribution < 1.29 is 5.11 Å². The molecule has 0 bridgehead atoms. The Morgan fingerprint density at radius 2 is 2.29 bits per heavy atom. The van der Waals surface area contributed by atoms with Gasteiger partial charge in [-0.05, 0) is 28.8 Å². The van der Waals surface area contributed by atoms with Crippen molar-refractivity contribution in [2.24, 2.45) is 0 Å². The van der Waals surface area contributed by atoms with E-state index in [2.05, 4.69) is 6.07 Å². The van der Waals surface area contributed by atoms with Gasteiger partial charge in [0.1, 0.15) is 6.07 Å². The summed E-state index contributed by atoms with van der Waals surface area (Å²) >= 11 is 1.56. The van der Waals surface area contributed by atoms with Crippen LogP contribution in [0.4, 0.5) is 0 Å². The summed E-state index contributed by atoms with van der Waals surface area (Å²) in [5.74, 6) is 0. The third kappa shape index (κ3) is 1.20. The van der Waals surface area contributed by atoms with Crippen LogP contribution in [0, 0.1) is 18.3 Å². The molecule has 0 aliphatic rings. The lowest BCUT2D eigenvalue weighted by Crippen LogP contribution is -1.88. The highest BCUT2D eigenvalue weighted by Gasteiger charge is 2.09. The first-order chi connectivity index (χ1) is 6.77. The third-order valence-electron chi connectivity index (χ3n) is 2.30. The maximum absolute atomic E-state index is 9.07. The fourth-order valence-corrected chi connectivity index (χ4v) is 2.59. The Kier molecular flexibility index (Phi) is 2.24. The lowest BCUT2D eigenvalue weighted by Gasteiger charge is -2.00. The van der Waals surface area contributed by atoms with Crippen LogP contribution in [0.5, 0.6) is 0 Å². The highest BCUT2D eigenvalue weighted by atomic mass is 32.1. The summed E-state index contributed by atoms with van der Waals surface area (Å²) in [4.78, 5) is 0. The lowest BCUT2D eigenvalue weighted by atomic mass is 10.1. The topological polar surface area (TPSA) is 44.0 Å². The molecule has 14 heavy (non-hydrogen) atoms. The second kappa shape index (κ2) is 3.41. The number of aliphatic hydroxyl groups is 1. The van der Waals surface area contributed by atoms with Crippen molar-refractivity contribution in [2.45, 2.75) is 13.5 Å². The zero-order valence-electron chi connectivity index (χ0n) is 7.74. The number of nitrogens with zero attached hydrogens (tertiary/aromatic N) is 1. The maximum Gasteiger partial charge on any atom is 0.101 e. The summed E-state index contributed by atoms with van der Waals surface area (Å²) in [5.41, 5.74) is 2.51. The number of hydrogen-bond donors (Lipinski definition) is 1. The van der Waals surface area contributed by atoms with E-state index in [0.717, 1.165) is 10.1 Å². The minimum absolute atomic E-state index is 0.0736. The zero-order chi connectivity index (χ0) is 10.1. The molecular formula is C11H9NOS. The first kappa shape index (κ1) is 9.20. The van der Waals surface area contributed by atoms with E-state index in [1.165, 1.54) is 5.56 Å². The van der Waals surface area contributed by atoms with Gasteiger partial charge >= 0.3 is 0 Å². The smallest absolute Gasteiger partial charge is 0.101 e. The van der Waals surface area contributed by atoms with Gasteiger partial charge in [0.15, 0.2) is 0 Å². The summed E-state index contributed by atoms with van der Waals surface area (Å²) in [6.45, 7) is 1.95. The number of fused-ring (bicyclic) bond motifs is 1. The van der Waals surface area contributed by atoms with Crippen LogP contribution >= 0.6 is 11.3 Å². The van der Waals surface area contributed by atoms with E-state index < -0.39 is 0 Å². The average molecular weight is 203 g/mol. The van der Waals surface area contributed by atoms with Crippen LogP contribution in [-0.2, 0) is 6.61 Å². The zero-order valence-corrected chi connectivity index (χ0v) is 8.56. The summed E-state index contributed by atoms with van der Waals surface area (Å²) in [6.07, 6.45) is 0. The Labute approximate surface area is 86.0 Å². The molecule has 1 N–H and O–H groups in total. The fourth-order valence-electron chi connectivity index (χ4n) is 1.52. The summed E-state index contributed by atoms with van der Waals surface area (Å²) in [6, 6.07) is 5.94. The van der Waals surface area contributed by atoms with E-state index in [9.17, 15) is 0 Å². The molecule has 1 aromatic heterocycles. The second-order valence-corrected chi connectivity index (χ2v) is 4.04. The predicted octanol–water partition coefficient (Wildman–Crippen LogP) is 2.57. The number of aryl methyl sites for hydroxylation is 1. The normalized spacial score (nSPS) is 10.4. The molecular weight excluding hydrogens is 194 g/mol. The number of benzene rings is 1. The lowest BCUT2D eigenvalue weighted by molar-refractivity contribution is 0.281. The summed E-state index contributed by atoms with van der Waals surface area (Å²) in [7, 11) is 0. The van der Waals surface area contributed by atoms with Crippen molar-refractivity contribution in [3.63, 3.8) is 0 Å². The highest BCUT2D eigenvalue weighted by Crippen LogP contribution is 2.30. The largest absolute Gasteiger partial charge is 0.392 e. The molecule has 0 saturated carbocycles. The van der Waals surface area contributed by atoms with E-state index in [0.29, 0.717) is 11.1 Å². The minimum atomic E-state index is -0.0736. The molecule has 1 heterocycles. The van der Waals surface area contributed by atoms with Crippen LogP contribution in [0.25, 0.3) is 10.1 Å². The Morgan fingerprint density at radius 3 is 2.93 bits per heavy atom. The van der Waals surface area contributed by atoms with Gasteiger partial charge in [-0.25, -0.2) is 0 Å². The standard InChI is InChI=1S/C11H9NOS/c1-7-6-14-11-9(7)3-2-8(5-13)10(11)4-12/h2-3,6,13H,5H2,1H3. The van der Waals surface area contributed by atoms with Crippen molar-refractivity contribution in [2.75, 3.05) is 0 Å². The predicted molar refractivity (Wildman–Crippen MR) is 57.2 cm³/mol. The van der Waals surface area contributed by atoms with Crippen LogP contribution < -0.4 is 0 Å². The van der Waals surface area contributed by atoms with Gasteiger partial charge in [-0.2, -0.15) is 5.26 Å². The summed E-state index contributed by atoms with van der Waals surface area (Å²) in [5, 5.41) is 21.2. The van der Waals surface area contributed by atoms with Gasteiger partial charge in [0.25, 0.3) is 0 Å². The Hall–Kier alpha value is -1.37. The Morgan fingerprint density at radius 1 is 1.50 bits per heavy atom. The Bertz CT molecular complexity index is 522. The van der Waals surface area contributed by atoms with Gasteiger partial charge in [-0.3, -0.25) is 0 Å². The van der Waals surface area contributed by atoms with Gasteiger partial charge in [0, 0.05) is 0 Å². The second-order valence-electron chi connectivity index (χ2n) is 3.17. The van der Waals surface area contributed by atoms with Crippen molar-refractivity contribution >= 4 is 21.4 Å². The molecule has 70 valence electrons. The summed E-state index contributed by atoms with van der Waals surface area (Å²) < 4.78 is 0.983. The van der Waals surface area contributed by atoms with Gasteiger partial charge in [0.05, 0.1) is 16.9 Å². The average Bonchev–Trinajstić information content (AvgIpc) is 2.59. The number of hydrogen-bond acceptors (Lipinski definition) is 3. The quantitative estimate of drug-likeness (QED) is 0.774. The molecule has 0 fully saturated rings. The molecule has 3 heteroatoms. The molecule has 0 saturated heterocycles. The molecule has 0 radical (unpaired) electrons. The van der Waals surface area contributed by atoms with Gasteiger partial charge < -0.3 is 5.11 Å². The molecule has 2 aromatic rings. The monoisotopic (exact) mass is 203 g/mol. The fraction of sp³-hybridized carbons (Fsp3) is 0.182. The van der Waals surface area contributed by atoms with E-state index >= 15 is 0 Å². The number of thiophene rings is 1. The molecule has 0 aliphatic heterocycles. The third-order valence-corrected chi connectivity index (χ3v) is 3.44. The van der Waals surface area contributed by atoms with Crippen LogP contribution in [0.3, 0.4) is 0 Å². The molecule has 0 unspecified atom stereocenters. The van der Waals surface area contributed by atoms with Crippen molar-refractivity contribution in [3.8, 4) is 6.07 Å². The van der Waals surface area contributed by atoms with E-state index in [-0.39, 0.29) is 6.61 Å². The van der Waals surface area contributed by atoms with Gasteiger partial charge in [-0.15, -0.1) is 11.3 Å². The first-order valence-electron chi connectivity index (χ1n) is 4.28. The van der Waals surface area contributed by atoms with Crippen LogP contribution in [0.2, 0.25) is 0 Å². The van der Waals surface area contributed by atoms with Crippen LogP contribution in [-0.4, -0.2) is 5.11 Å². The molecule has 0 amide bonds. The van der Waals surface area contributed by atoms with Gasteiger partial charge in [-0.1, -0.05) is 12.1 Å². The first-order valence-corrected chi connectivity index (χ1v) is 5.16. The van der Waals surface area contributed by atoms with Gasteiger partial charge in [0.2, 0.25) is 0 Å². The maximum atomic E-state index is 9.07. The minimum Gasteiger partial charge on any atom is -0.392 e. The number of rotatable bonds is 1. The SMILES string of the molecule is Cc1csc2c(C#N)c(CO)ccc12. The van der Waals surface area contributed by atoms with Crippen molar-refractivity contribution in [3.05, 3.63) is 34.2 Å². The molecule has 0 atom stereocenters.